The third kappa shape index (κ3) is 1.90. The van der Waals surface area contributed by atoms with Crippen LogP contribution in [0.5, 0.6) is 0 Å². The van der Waals surface area contributed by atoms with Crippen molar-refractivity contribution in [3.05, 3.63) is 35.2 Å². The molecule has 0 aliphatic carbocycles. The summed E-state index contributed by atoms with van der Waals surface area (Å²) in [5.74, 6) is 0. The van der Waals surface area contributed by atoms with E-state index in [0.717, 1.165) is 12.8 Å². The Morgan fingerprint density at radius 2 is 2.08 bits per heavy atom. The zero-order valence-electron chi connectivity index (χ0n) is 7.32. The van der Waals surface area contributed by atoms with Gasteiger partial charge in [-0.3, -0.25) is 0 Å². The van der Waals surface area contributed by atoms with Crippen molar-refractivity contribution in [2.45, 2.75) is 12.8 Å². The van der Waals surface area contributed by atoms with E-state index in [-0.39, 0.29) is 6.61 Å². The van der Waals surface area contributed by atoms with Crippen molar-refractivity contribution in [1.82, 2.24) is 0 Å². The molecule has 1 nitrogen and oxygen atoms in total. The van der Waals surface area contributed by atoms with E-state index in [4.69, 9.17) is 0 Å². The van der Waals surface area contributed by atoms with E-state index in [0.29, 0.717) is 0 Å². The van der Waals surface area contributed by atoms with E-state index >= 15 is 0 Å². The molecule has 1 aromatic heterocycles. The summed E-state index contributed by atoms with van der Waals surface area (Å²) in [6.45, 7) is 0.0360. The predicted molar refractivity (Wildman–Crippen MR) is 55.7 cm³/mol. The Balaban J connectivity index is 2.28. The lowest BCUT2D eigenvalue weighted by Crippen LogP contribution is -1.83. The van der Waals surface area contributed by atoms with Gasteiger partial charge in [0, 0.05) is 9.58 Å². The highest BCUT2D eigenvalue weighted by atomic mass is 32.1. The van der Waals surface area contributed by atoms with Crippen LogP contribution in [0.2, 0.25) is 0 Å². The summed E-state index contributed by atoms with van der Waals surface area (Å²) in [7, 11) is 0. The zero-order valence-corrected chi connectivity index (χ0v) is 8.14. The second-order valence-electron chi connectivity index (χ2n) is 3.06. The molecule has 2 aromatic rings. The van der Waals surface area contributed by atoms with Gasteiger partial charge in [-0.2, -0.15) is 0 Å². The number of hydrogen-bond donors (Lipinski definition) is 0. The average Bonchev–Trinajstić information content (AvgIpc) is 2.57. The zero-order chi connectivity index (χ0) is 9.10. The molecule has 2 rings (SSSR count). The van der Waals surface area contributed by atoms with Crippen LogP contribution >= 0.6 is 11.3 Å². The molecule has 67 valence electrons. The highest BCUT2D eigenvalue weighted by Gasteiger charge is 1.99. The van der Waals surface area contributed by atoms with Crippen molar-refractivity contribution < 1.29 is 5.11 Å². The summed E-state index contributed by atoms with van der Waals surface area (Å²) >= 11 is 1.80. The predicted octanol–water partition coefficient (Wildman–Crippen LogP) is 3.26. The molecular weight excluding hydrogens is 180 g/mol. The maximum Gasteiger partial charge on any atom is 0.0825 e. The minimum Gasteiger partial charge on any atom is -0.237 e. The molecule has 13 heavy (non-hydrogen) atoms. The molecule has 2 heteroatoms. The number of fused-ring (bicyclic) bond motifs is 1. The molecule has 0 N–H and O–H groups in total. The monoisotopic (exact) mass is 191 g/mol. The van der Waals surface area contributed by atoms with Gasteiger partial charge in [-0.05, 0) is 30.4 Å². The molecule has 0 spiro atoms. The van der Waals surface area contributed by atoms with Crippen LogP contribution in [0.1, 0.15) is 11.3 Å². The number of rotatable bonds is 3. The molecule has 1 radical (unpaired) electrons. The molecule has 1 aromatic carbocycles. The second kappa shape index (κ2) is 3.90. The summed E-state index contributed by atoms with van der Waals surface area (Å²) in [6, 6.07) is 10.5. The maximum atomic E-state index is 10.3. The normalized spacial score (nSPS) is 10.8. The summed E-state index contributed by atoms with van der Waals surface area (Å²) in [6.07, 6.45) is 1.69. The molecule has 0 saturated heterocycles. The van der Waals surface area contributed by atoms with Crippen LogP contribution < -0.4 is 0 Å². The van der Waals surface area contributed by atoms with Gasteiger partial charge >= 0.3 is 0 Å². The second-order valence-corrected chi connectivity index (χ2v) is 4.23. The number of thiophene rings is 1. The van der Waals surface area contributed by atoms with Gasteiger partial charge in [0.05, 0.1) is 6.61 Å². The SMILES string of the molecule is [O]CCCc1cc2ccccc2s1. The van der Waals surface area contributed by atoms with Crippen molar-refractivity contribution in [3.63, 3.8) is 0 Å². The summed E-state index contributed by atoms with van der Waals surface area (Å²) in [4.78, 5) is 1.33. The lowest BCUT2D eigenvalue weighted by molar-refractivity contribution is 0.189. The maximum absolute atomic E-state index is 10.3. The first-order valence-corrected chi connectivity index (χ1v) is 5.27. The van der Waals surface area contributed by atoms with Crippen LogP contribution in [0.15, 0.2) is 30.3 Å². The fraction of sp³-hybridized carbons (Fsp3) is 0.273. The van der Waals surface area contributed by atoms with Crippen molar-refractivity contribution in [2.24, 2.45) is 0 Å². The largest absolute Gasteiger partial charge is 0.237 e. The molecule has 1 heterocycles. The third-order valence-electron chi connectivity index (χ3n) is 2.04. The summed E-state index contributed by atoms with van der Waals surface area (Å²) in [5.41, 5.74) is 0. The highest BCUT2D eigenvalue weighted by molar-refractivity contribution is 7.19. The summed E-state index contributed by atoms with van der Waals surface area (Å²) < 4.78 is 1.32. The standard InChI is InChI=1S/C11H11OS/c12-7-3-5-10-8-9-4-1-2-6-11(9)13-10/h1-2,4,6,8H,3,5,7H2. The molecule has 0 unspecified atom stereocenters. The van der Waals surface area contributed by atoms with Crippen molar-refractivity contribution >= 4 is 21.4 Å². The number of benzene rings is 1. The van der Waals surface area contributed by atoms with Crippen molar-refractivity contribution in [2.75, 3.05) is 6.61 Å². The van der Waals surface area contributed by atoms with Crippen LogP contribution in [-0.2, 0) is 11.5 Å². The van der Waals surface area contributed by atoms with Gasteiger partial charge in [0.25, 0.3) is 0 Å². The van der Waals surface area contributed by atoms with E-state index in [9.17, 15) is 5.11 Å². The van der Waals surface area contributed by atoms with Crippen LogP contribution in [-0.4, -0.2) is 6.61 Å². The van der Waals surface area contributed by atoms with E-state index in [2.05, 4.69) is 24.3 Å². The van der Waals surface area contributed by atoms with E-state index < -0.39 is 0 Å². The molecule has 0 atom stereocenters. The van der Waals surface area contributed by atoms with Crippen LogP contribution in [0.4, 0.5) is 0 Å². The quantitative estimate of drug-likeness (QED) is 0.709. The Hall–Kier alpha value is -0.860. The van der Waals surface area contributed by atoms with Crippen molar-refractivity contribution in [1.29, 1.82) is 0 Å². The van der Waals surface area contributed by atoms with Gasteiger partial charge in [0.1, 0.15) is 0 Å². The number of aryl methyl sites for hydroxylation is 1. The van der Waals surface area contributed by atoms with Crippen molar-refractivity contribution in [3.8, 4) is 0 Å². The van der Waals surface area contributed by atoms with Gasteiger partial charge in [-0.15, -0.1) is 11.3 Å². The molecule has 0 bridgehead atoms. The lowest BCUT2D eigenvalue weighted by Gasteiger charge is -1.89. The Kier molecular flexibility index (Phi) is 2.62. The van der Waals surface area contributed by atoms with E-state index in [1.807, 2.05) is 6.07 Å². The third-order valence-corrected chi connectivity index (χ3v) is 3.22. The smallest absolute Gasteiger partial charge is 0.0825 e. The van der Waals surface area contributed by atoms with Gasteiger partial charge < -0.3 is 0 Å². The fourth-order valence-electron chi connectivity index (χ4n) is 1.41. The van der Waals surface area contributed by atoms with Gasteiger partial charge in [0.15, 0.2) is 0 Å². The number of hydrogen-bond acceptors (Lipinski definition) is 1. The van der Waals surface area contributed by atoms with Crippen LogP contribution in [0.3, 0.4) is 0 Å². The highest BCUT2D eigenvalue weighted by Crippen LogP contribution is 2.25. The van der Waals surface area contributed by atoms with E-state index in [1.54, 1.807) is 11.3 Å². The Labute approximate surface area is 81.6 Å². The molecule has 0 aliphatic heterocycles. The van der Waals surface area contributed by atoms with E-state index in [1.165, 1.54) is 15.0 Å². The summed E-state index contributed by atoms with van der Waals surface area (Å²) in [5, 5.41) is 11.6. The molecule has 0 amide bonds. The molecular formula is C11H11OS. The van der Waals surface area contributed by atoms with Crippen LogP contribution in [0, 0.1) is 0 Å². The average molecular weight is 191 g/mol. The molecule has 0 fully saturated rings. The van der Waals surface area contributed by atoms with Gasteiger partial charge in [0.2, 0.25) is 0 Å². The van der Waals surface area contributed by atoms with Crippen LogP contribution in [0.25, 0.3) is 10.1 Å². The molecule has 0 saturated carbocycles. The van der Waals surface area contributed by atoms with Gasteiger partial charge in [-0.1, -0.05) is 18.2 Å². The fourth-order valence-corrected chi connectivity index (χ4v) is 2.51. The first-order chi connectivity index (χ1) is 6.40. The Bertz CT molecular complexity index is 359. The van der Waals surface area contributed by atoms with Gasteiger partial charge in [-0.25, -0.2) is 5.11 Å². The Morgan fingerprint density at radius 1 is 1.23 bits per heavy atom. The Morgan fingerprint density at radius 3 is 2.85 bits per heavy atom. The first kappa shape index (κ1) is 8.73. The molecule has 0 aliphatic rings. The minimum atomic E-state index is 0.0360. The minimum absolute atomic E-state index is 0.0360. The first-order valence-electron chi connectivity index (χ1n) is 4.46. The topological polar surface area (TPSA) is 19.9 Å². The lowest BCUT2D eigenvalue weighted by atomic mass is 10.2.